The number of para-hydroxylation sites is 4. The fourth-order valence-electron chi connectivity index (χ4n) is 16.0. The SMILES string of the molecule is NC(=O)/C=C/c1nn(Cc2cc3ccccc3nc2-c2ccccc2F)c2ncnc(N)c12.NC(=O)c1nn(Cc2cc3ccccc3nc2-c2ccccc2F)c2ncnc(N)c12.Nc1ncnc2c1c(/C=C1/CCNC1=O)nn2Cc1cc2ccccc2nc1-c1ccccc1F.Nc1ncnc2c1c(/C=C1/SC(=O)NC1=O)nn2Cc1cc2ccccc2nc1-c1ccccc1F. The highest BCUT2D eigenvalue weighted by Gasteiger charge is 2.30. The Bertz CT molecular complexity index is 8370. The number of nitrogens with one attached hydrogen (secondary N) is 2. The fourth-order valence-corrected chi connectivity index (χ4v) is 16.7. The minimum absolute atomic E-state index is 0.0192. The van der Waals surface area contributed by atoms with E-state index in [9.17, 15) is 41.5 Å². The van der Waals surface area contributed by atoms with Gasteiger partial charge in [0, 0.05) is 84.2 Å². The van der Waals surface area contributed by atoms with Gasteiger partial charge in [0.1, 0.15) is 71.8 Å². The van der Waals surface area contributed by atoms with Gasteiger partial charge in [-0.25, -0.2) is 96.1 Å². The second-order valence-electron chi connectivity index (χ2n) is 30.8. The number of anilines is 4. The second kappa shape index (κ2) is 36.6. The van der Waals surface area contributed by atoms with Gasteiger partial charge in [-0.05, 0) is 133 Å². The molecule has 14 N–H and O–H groups in total. The van der Waals surface area contributed by atoms with Crippen LogP contribution in [0.5, 0.6) is 0 Å². The average molecular weight is 1820 g/mol. The molecule has 2 saturated heterocycles. The molecule has 0 radical (unpaired) electrons. The molecule has 8 aromatic carbocycles. The molecule has 14 heterocycles. The van der Waals surface area contributed by atoms with E-state index in [-0.39, 0.29) is 88.8 Å². The predicted octanol–water partition coefficient (Wildman–Crippen LogP) is 14.1. The van der Waals surface area contributed by atoms with Crippen molar-refractivity contribution < 1.29 is 41.5 Å². The number of benzene rings is 8. The number of nitrogens with zero attached hydrogens (tertiary/aromatic N) is 20. The van der Waals surface area contributed by atoms with Gasteiger partial charge in [-0.2, -0.15) is 20.4 Å². The summed E-state index contributed by atoms with van der Waals surface area (Å²) in [5, 5.41) is 28.2. The number of rotatable bonds is 17. The second-order valence-corrected chi connectivity index (χ2v) is 31.8. The number of carbonyl (C=O) groups is 5. The standard InChI is InChI=1S/C26H20FN7O.C25H16FN7O2S.C24H18FN7O.C22H16FN7O/c27-19-7-3-2-6-18(19)23-17(11-15-5-1-4-8-20(15)32-23)13-34-25-22(24(28)30-14-31-25)21(33-34)12-16-9-10-29-26(16)35;26-16-7-3-2-6-15(16)21-14(9-13-5-1-4-8-17(13)30-21)11-33-23-20(22(27)28-12-29-23)18(32-33)10-19-24(34)31-25(35)36-19;25-17-7-3-2-6-16(17)22-15(11-14-5-1-4-8-18(14)30-22)12-32-24-21(23(27)28-13-29-24)19(31-32)9-10-20(26)33;23-15-7-3-2-6-14(15)18-13(9-12-5-1-4-8-16(12)28-18)10-30-22-17(19(29-30)21(25)31)20(24)26-11-27-22/h1-8,11-12,14H,9-10,13H2,(H,29,35)(H2,28,30,31);1-10,12H,11H2,(H2,27,28,29)(H,31,34,35);1-11,13H,12H2,(H2,26,33)(H2,27,28,29);1-9,11H,10H2,(H2,25,31)(H2,24,26,27)/b16-12-;19-10+;10-9+;. The Morgan fingerprint density at radius 1 is 0.385 bits per heavy atom. The lowest BCUT2D eigenvalue weighted by Gasteiger charge is -2.12. The van der Waals surface area contributed by atoms with Crippen LogP contribution in [0.3, 0.4) is 0 Å². The number of nitrogens with two attached hydrogens (primary N) is 6. The summed E-state index contributed by atoms with van der Waals surface area (Å²) in [6, 6.07) is 64.3. The summed E-state index contributed by atoms with van der Waals surface area (Å²) in [7, 11) is 0. The predicted molar refractivity (Wildman–Crippen MR) is 505 cm³/mol. The van der Waals surface area contributed by atoms with Crippen molar-refractivity contribution in [1.82, 2.24) is 110 Å². The lowest BCUT2D eigenvalue weighted by atomic mass is 10.0. The zero-order chi connectivity index (χ0) is 93.2. The molecule has 0 aliphatic carbocycles. The summed E-state index contributed by atoms with van der Waals surface area (Å²) in [6.45, 7) is 1.45. The highest BCUT2D eigenvalue weighted by atomic mass is 32.2. The third kappa shape index (κ3) is 17.4. The molecule has 5 amide bonds. The number of imide groups is 1. The Morgan fingerprint density at radius 2 is 0.704 bits per heavy atom. The summed E-state index contributed by atoms with van der Waals surface area (Å²) < 4.78 is 65.5. The van der Waals surface area contributed by atoms with Crippen LogP contribution in [0, 0.1) is 23.3 Å². The number of aromatic nitrogens is 20. The van der Waals surface area contributed by atoms with Gasteiger partial charge in [0.2, 0.25) is 11.8 Å². The Kier molecular flexibility index (Phi) is 23.4. The fraction of sp³-hybridized carbons (Fsp3) is 0.0619. The van der Waals surface area contributed by atoms with E-state index >= 15 is 0 Å². The van der Waals surface area contributed by atoms with Crippen LogP contribution in [0.1, 0.15) is 56.2 Å². The molecule has 0 saturated carbocycles. The normalized spacial score (nSPS) is 13.2. The van der Waals surface area contributed by atoms with E-state index in [4.69, 9.17) is 59.4 Å². The number of primary amides is 2. The van der Waals surface area contributed by atoms with E-state index in [0.717, 1.165) is 66.5 Å². The first-order chi connectivity index (χ1) is 65.6. The quantitative estimate of drug-likeness (QED) is 0.0310. The third-order valence-electron chi connectivity index (χ3n) is 22.2. The van der Waals surface area contributed by atoms with Crippen molar-refractivity contribution in [3.63, 3.8) is 0 Å². The number of fused-ring (bicyclic) bond motifs is 8. The molecule has 22 rings (SSSR count). The lowest BCUT2D eigenvalue weighted by Crippen LogP contribution is -2.17. The molecule has 2 fully saturated rings. The molecular formula is C97H70F4N28O5S. The van der Waals surface area contributed by atoms with Crippen LogP contribution in [0.4, 0.5) is 45.6 Å². The molecule has 20 aromatic rings. The monoisotopic (exact) mass is 1810 g/mol. The highest BCUT2D eigenvalue weighted by Crippen LogP contribution is 2.38. The van der Waals surface area contributed by atoms with E-state index in [2.05, 4.69) is 65.8 Å². The van der Waals surface area contributed by atoms with Gasteiger partial charge >= 0.3 is 0 Å². The molecule has 2 aliphatic heterocycles. The van der Waals surface area contributed by atoms with Crippen molar-refractivity contribution in [1.29, 1.82) is 0 Å². The first kappa shape index (κ1) is 86.0. The van der Waals surface area contributed by atoms with Gasteiger partial charge in [0.25, 0.3) is 17.1 Å². The van der Waals surface area contributed by atoms with Crippen LogP contribution in [-0.4, -0.2) is 134 Å². The van der Waals surface area contributed by atoms with Crippen LogP contribution >= 0.6 is 11.8 Å². The Balaban J connectivity index is 0.000000116. The molecule has 0 atom stereocenters. The molecule has 0 spiro atoms. The molecule has 33 nitrogen and oxygen atoms in total. The van der Waals surface area contributed by atoms with Crippen LogP contribution in [-0.2, 0) is 40.6 Å². The largest absolute Gasteiger partial charge is 0.383 e. The van der Waals surface area contributed by atoms with Crippen molar-refractivity contribution >= 4 is 170 Å². The summed E-state index contributed by atoms with van der Waals surface area (Å²) in [5.41, 5.74) is 48.1. The number of hydrogen-bond donors (Lipinski definition) is 8. The number of pyridine rings is 4. The summed E-state index contributed by atoms with van der Waals surface area (Å²) in [4.78, 5) is 112. The minimum atomic E-state index is -0.740. The zero-order valence-corrected chi connectivity index (χ0v) is 71.3. The van der Waals surface area contributed by atoms with Crippen LogP contribution in [0.15, 0.2) is 260 Å². The summed E-state index contributed by atoms with van der Waals surface area (Å²) in [5.74, 6) is -2.71. The Morgan fingerprint density at radius 3 is 1.04 bits per heavy atom. The van der Waals surface area contributed by atoms with Crippen LogP contribution < -0.4 is 45.0 Å². The number of amides is 5. The van der Waals surface area contributed by atoms with Gasteiger partial charge in [-0.3, -0.25) is 29.3 Å². The first-order valence-corrected chi connectivity index (χ1v) is 42.3. The number of thioether (sulfide) groups is 1. The van der Waals surface area contributed by atoms with E-state index in [0.29, 0.717) is 131 Å². The minimum Gasteiger partial charge on any atom is -0.383 e. The molecule has 38 heteroatoms. The molecule has 0 unspecified atom stereocenters. The maximum Gasteiger partial charge on any atom is 0.290 e. The van der Waals surface area contributed by atoms with Crippen molar-refractivity contribution in [3.05, 3.63) is 329 Å². The van der Waals surface area contributed by atoms with E-state index in [1.165, 1.54) is 72.5 Å². The number of nitrogen functional groups attached to an aromatic ring is 4. The van der Waals surface area contributed by atoms with E-state index < -0.39 is 28.8 Å². The van der Waals surface area contributed by atoms with Gasteiger partial charge < -0.3 is 39.7 Å². The van der Waals surface area contributed by atoms with Gasteiger partial charge in [0.15, 0.2) is 28.3 Å². The van der Waals surface area contributed by atoms with Crippen LogP contribution in [0.2, 0.25) is 0 Å². The van der Waals surface area contributed by atoms with E-state index in [1.807, 2.05) is 121 Å². The highest BCUT2D eigenvalue weighted by molar-refractivity contribution is 8.18. The lowest BCUT2D eigenvalue weighted by molar-refractivity contribution is -0.116. The first-order valence-electron chi connectivity index (χ1n) is 41.5. The Hall–Kier alpha value is -18.4. The summed E-state index contributed by atoms with van der Waals surface area (Å²) in [6.07, 6.45) is 11.8. The van der Waals surface area contributed by atoms with Gasteiger partial charge in [-0.1, -0.05) is 121 Å². The molecule has 135 heavy (non-hydrogen) atoms. The topological polar surface area (TPSA) is 491 Å². The van der Waals surface area contributed by atoms with Crippen molar-refractivity contribution in [3.8, 4) is 45.0 Å². The summed E-state index contributed by atoms with van der Waals surface area (Å²) >= 11 is 0.778. The Labute approximate surface area is 763 Å². The van der Waals surface area contributed by atoms with Crippen molar-refractivity contribution in [2.24, 2.45) is 11.5 Å². The third-order valence-corrected chi connectivity index (χ3v) is 23.0. The van der Waals surface area contributed by atoms with Gasteiger partial charge in [-0.15, -0.1) is 0 Å². The molecular weight excluding hydrogens is 1750 g/mol. The molecule has 0 bridgehead atoms. The number of halogens is 4. The zero-order valence-electron chi connectivity index (χ0n) is 70.5. The number of carbonyl (C=O) groups excluding carboxylic acids is 5. The number of hydrogen-bond acceptors (Lipinski definition) is 26. The van der Waals surface area contributed by atoms with Gasteiger partial charge in [0.05, 0.1) is 115 Å². The maximum atomic E-state index is 14.8. The smallest absolute Gasteiger partial charge is 0.290 e. The molecule has 2 aliphatic rings. The average Bonchev–Trinajstić information content (AvgIpc) is 1.41. The van der Waals surface area contributed by atoms with E-state index in [1.54, 1.807) is 92.9 Å². The van der Waals surface area contributed by atoms with Crippen LogP contribution in [0.25, 0.3) is 151 Å². The molecule has 662 valence electrons. The van der Waals surface area contributed by atoms with Crippen molar-refractivity contribution in [2.45, 2.75) is 32.6 Å². The van der Waals surface area contributed by atoms with Crippen molar-refractivity contribution in [2.75, 3.05) is 29.5 Å². The maximum absolute atomic E-state index is 14.8. The molecule has 12 aromatic heterocycles.